The predicted octanol–water partition coefficient (Wildman–Crippen LogP) is -2.37. The number of benzene rings is 1. The number of ether oxygens (including phenoxy) is 1. The standard InChI is InChI=1S/C14H15O.2ClH.Ti/c1-2-11-15-14-10-6-5-9-13(14)12-7-3-4-8-12;;;/h3,5-7,9-10H,2,4,11H2,1H3;2*1H;/q-1;;;+3/p-2. The van der Waals surface area contributed by atoms with Gasteiger partial charge in [0.05, 0.1) is 12.4 Å². The molecule has 0 fully saturated rings. The van der Waals surface area contributed by atoms with E-state index in [4.69, 9.17) is 4.74 Å². The van der Waals surface area contributed by atoms with Gasteiger partial charge in [0, 0.05) is 0 Å². The zero-order chi connectivity index (χ0) is 10.5. The Kier molecular flexibility index (Phi) is 12.0. The fourth-order valence-corrected chi connectivity index (χ4v) is 1.62. The van der Waals surface area contributed by atoms with Gasteiger partial charge in [-0.2, -0.15) is 17.7 Å². The zero-order valence-corrected chi connectivity index (χ0v) is 13.3. The van der Waals surface area contributed by atoms with Crippen molar-refractivity contribution in [3.8, 4) is 5.75 Å². The SMILES string of the molecule is CCCOc1ccccc1C1=[C-]CC=C1.[Cl-].[Cl-].[Ti+3]. The van der Waals surface area contributed by atoms with Crippen molar-refractivity contribution >= 4 is 5.57 Å². The van der Waals surface area contributed by atoms with E-state index < -0.39 is 0 Å². The topological polar surface area (TPSA) is 9.23 Å². The summed E-state index contributed by atoms with van der Waals surface area (Å²) < 4.78 is 5.70. The van der Waals surface area contributed by atoms with Crippen molar-refractivity contribution < 1.29 is 51.3 Å². The first-order chi connectivity index (χ1) is 7.42. The molecule has 95 valence electrons. The largest absolute Gasteiger partial charge is 3.00 e. The summed E-state index contributed by atoms with van der Waals surface area (Å²) in [6.07, 6.45) is 9.49. The second kappa shape index (κ2) is 10.7. The zero-order valence-electron chi connectivity index (χ0n) is 10.2. The molecule has 0 spiro atoms. The van der Waals surface area contributed by atoms with Gasteiger partial charge in [0.25, 0.3) is 0 Å². The maximum absolute atomic E-state index is 5.70. The van der Waals surface area contributed by atoms with Crippen molar-refractivity contribution in [2.24, 2.45) is 0 Å². The van der Waals surface area contributed by atoms with Gasteiger partial charge >= 0.3 is 21.7 Å². The van der Waals surface area contributed by atoms with Crippen LogP contribution in [0.25, 0.3) is 5.57 Å². The van der Waals surface area contributed by atoms with E-state index in [-0.39, 0.29) is 46.5 Å². The third-order valence-corrected chi connectivity index (χ3v) is 2.33. The molecule has 0 amide bonds. The summed E-state index contributed by atoms with van der Waals surface area (Å²) in [6.45, 7) is 2.89. The summed E-state index contributed by atoms with van der Waals surface area (Å²) in [7, 11) is 0. The first kappa shape index (κ1) is 20.1. The molecule has 0 atom stereocenters. The maximum Gasteiger partial charge on any atom is 3.00 e. The molecule has 1 nitrogen and oxygen atoms in total. The molecule has 0 aliphatic heterocycles. The first-order valence-electron chi connectivity index (χ1n) is 5.41. The molecule has 0 saturated heterocycles. The fourth-order valence-electron chi connectivity index (χ4n) is 1.62. The summed E-state index contributed by atoms with van der Waals surface area (Å²) in [6, 6.07) is 8.15. The third kappa shape index (κ3) is 5.20. The molecular weight excluding hydrogens is 303 g/mol. The quantitative estimate of drug-likeness (QED) is 0.445. The molecule has 0 aromatic heterocycles. The van der Waals surface area contributed by atoms with Gasteiger partial charge in [-0.3, -0.25) is 0 Å². The van der Waals surface area contributed by atoms with E-state index in [1.807, 2.05) is 18.2 Å². The van der Waals surface area contributed by atoms with Crippen LogP contribution in [0.1, 0.15) is 25.3 Å². The Morgan fingerprint density at radius 1 is 1.22 bits per heavy atom. The van der Waals surface area contributed by atoms with Crippen LogP contribution in [0.3, 0.4) is 0 Å². The van der Waals surface area contributed by atoms with Crippen LogP contribution in [-0.4, -0.2) is 6.61 Å². The van der Waals surface area contributed by atoms with E-state index >= 15 is 0 Å². The van der Waals surface area contributed by atoms with Crippen molar-refractivity contribution in [2.45, 2.75) is 19.8 Å². The molecule has 4 heteroatoms. The molecule has 1 aliphatic carbocycles. The Bertz CT molecular complexity index is 403. The molecule has 0 heterocycles. The number of para-hydroxylation sites is 1. The molecule has 18 heavy (non-hydrogen) atoms. The van der Waals surface area contributed by atoms with Gasteiger partial charge in [-0.25, -0.2) is 0 Å². The molecule has 2 rings (SSSR count). The molecule has 1 aromatic carbocycles. The first-order valence-corrected chi connectivity index (χ1v) is 5.41. The van der Waals surface area contributed by atoms with Crippen LogP contribution in [0.5, 0.6) is 5.75 Å². The number of hydrogen-bond acceptors (Lipinski definition) is 1. The molecule has 0 saturated carbocycles. The monoisotopic (exact) mass is 317 g/mol. The summed E-state index contributed by atoms with van der Waals surface area (Å²) in [4.78, 5) is 0. The summed E-state index contributed by atoms with van der Waals surface area (Å²) in [5, 5.41) is 0. The van der Waals surface area contributed by atoms with E-state index in [1.165, 1.54) is 0 Å². The van der Waals surface area contributed by atoms with Crippen LogP contribution in [0.4, 0.5) is 0 Å². The van der Waals surface area contributed by atoms with E-state index in [1.54, 1.807) is 0 Å². The van der Waals surface area contributed by atoms with Crippen LogP contribution in [0.15, 0.2) is 36.4 Å². The average Bonchev–Trinajstić information content (AvgIpc) is 2.80. The minimum Gasteiger partial charge on any atom is -1.00 e. The van der Waals surface area contributed by atoms with Gasteiger partial charge in [0.15, 0.2) is 0 Å². The summed E-state index contributed by atoms with van der Waals surface area (Å²) in [5.41, 5.74) is 2.31. The van der Waals surface area contributed by atoms with Crippen molar-refractivity contribution in [3.05, 3.63) is 48.1 Å². The van der Waals surface area contributed by atoms with Crippen molar-refractivity contribution in [3.63, 3.8) is 0 Å². The molecule has 1 aliphatic rings. The third-order valence-electron chi connectivity index (χ3n) is 2.33. The Balaban J connectivity index is 0. The van der Waals surface area contributed by atoms with Gasteiger partial charge < -0.3 is 29.6 Å². The Labute approximate surface area is 136 Å². The maximum atomic E-state index is 5.70. The van der Waals surface area contributed by atoms with Crippen LogP contribution in [-0.2, 0) is 21.7 Å². The van der Waals surface area contributed by atoms with Crippen LogP contribution < -0.4 is 29.6 Å². The van der Waals surface area contributed by atoms with E-state index in [9.17, 15) is 0 Å². The number of rotatable bonds is 4. The summed E-state index contributed by atoms with van der Waals surface area (Å²) >= 11 is 0. The van der Waals surface area contributed by atoms with Crippen LogP contribution >= 0.6 is 0 Å². The minimum atomic E-state index is 0. The van der Waals surface area contributed by atoms with E-state index in [0.29, 0.717) is 0 Å². The van der Waals surface area contributed by atoms with Gasteiger partial charge in [-0.15, -0.1) is 12.1 Å². The van der Waals surface area contributed by atoms with Gasteiger partial charge in [0.2, 0.25) is 0 Å². The summed E-state index contributed by atoms with van der Waals surface area (Å²) in [5.74, 6) is 0.966. The fraction of sp³-hybridized carbons (Fsp3) is 0.286. The second-order valence-electron chi connectivity index (χ2n) is 3.54. The van der Waals surface area contributed by atoms with Gasteiger partial charge in [-0.05, 0) is 12.5 Å². The number of hydrogen-bond donors (Lipinski definition) is 0. The molecular formula is C14H15Cl2OTi. The predicted molar refractivity (Wildman–Crippen MR) is 62.6 cm³/mol. The molecule has 1 aromatic rings. The molecule has 1 radical (unpaired) electrons. The molecule has 0 N–H and O–H groups in total. The Morgan fingerprint density at radius 3 is 2.56 bits per heavy atom. The van der Waals surface area contributed by atoms with Crippen molar-refractivity contribution in [1.82, 2.24) is 0 Å². The minimum absolute atomic E-state index is 0. The smallest absolute Gasteiger partial charge is 1.00 e. The normalized spacial score (nSPS) is 11.7. The number of halogens is 2. The molecule has 0 unspecified atom stereocenters. The van der Waals surface area contributed by atoms with Gasteiger partial charge in [-0.1, -0.05) is 31.0 Å². The van der Waals surface area contributed by atoms with Crippen molar-refractivity contribution in [2.75, 3.05) is 6.61 Å². The second-order valence-corrected chi connectivity index (χ2v) is 3.54. The molecule has 0 bridgehead atoms. The Morgan fingerprint density at radius 2 is 1.94 bits per heavy atom. The van der Waals surface area contributed by atoms with E-state index in [2.05, 4.69) is 31.2 Å². The van der Waals surface area contributed by atoms with Crippen molar-refractivity contribution in [1.29, 1.82) is 0 Å². The van der Waals surface area contributed by atoms with Crippen LogP contribution in [0, 0.1) is 6.08 Å². The Hall–Kier alpha value is -0.206. The van der Waals surface area contributed by atoms with Crippen LogP contribution in [0.2, 0.25) is 0 Å². The van der Waals surface area contributed by atoms with E-state index in [0.717, 1.165) is 36.3 Å². The number of allylic oxidation sites excluding steroid dienone is 4. The average molecular weight is 318 g/mol. The van der Waals surface area contributed by atoms with Gasteiger partial charge in [0.1, 0.15) is 0 Å².